The van der Waals surface area contributed by atoms with Crippen molar-refractivity contribution in [1.29, 1.82) is 0 Å². The highest BCUT2D eigenvalue weighted by atomic mass is 32.2. The summed E-state index contributed by atoms with van der Waals surface area (Å²) in [5.41, 5.74) is 0. The van der Waals surface area contributed by atoms with E-state index in [0.717, 1.165) is 13.1 Å². The van der Waals surface area contributed by atoms with Gasteiger partial charge in [0, 0.05) is 0 Å². The van der Waals surface area contributed by atoms with Crippen molar-refractivity contribution in [1.82, 2.24) is 10.6 Å². The Kier molecular flexibility index (Phi) is 12.9. The number of rotatable bonds is 12. The third-order valence-electron chi connectivity index (χ3n) is 2.99. The first-order chi connectivity index (χ1) is 8.26. The van der Waals surface area contributed by atoms with Crippen molar-refractivity contribution in [2.75, 3.05) is 25.9 Å². The van der Waals surface area contributed by atoms with Crippen molar-refractivity contribution >= 4 is 11.8 Å². The maximum absolute atomic E-state index is 3.51. The van der Waals surface area contributed by atoms with Gasteiger partial charge in [-0.05, 0) is 44.6 Å². The number of hydrogen-bond acceptors (Lipinski definition) is 3. The Labute approximate surface area is 113 Å². The van der Waals surface area contributed by atoms with Crippen LogP contribution in [0.5, 0.6) is 0 Å². The van der Waals surface area contributed by atoms with Crippen LogP contribution in [-0.4, -0.2) is 31.3 Å². The second kappa shape index (κ2) is 12.7. The summed E-state index contributed by atoms with van der Waals surface area (Å²) < 4.78 is 0. The zero-order valence-corrected chi connectivity index (χ0v) is 13.0. The molecule has 0 aliphatic carbocycles. The summed E-state index contributed by atoms with van der Waals surface area (Å²) >= 11 is 2.09. The third kappa shape index (κ3) is 9.93. The summed E-state index contributed by atoms with van der Waals surface area (Å²) in [5, 5.41) is 7.55. The Hall–Kier alpha value is 0.270. The van der Waals surface area contributed by atoms with Crippen LogP contribution in [-0.2, 0) is 0 Å². The van der Waals surface area contributed by atoms with Gasteiger partial charge >= 0.3 is 0 Å². The molecule has 0 spiro atoms. The molecular weight excluding hydrogens is 228 g/mol. The molecule has 0 heterocycles. The Morgan fingerprint density at radius 2 is 1.82 bits per heavy atom. The summed E-state index contributed by atoms with van der Waals surface area (Å²) in [5.74, 6) is 1.99. The molecule has 0 bridgehead atoms. The van der Waals surface area contributed by atoms with Crippen LogP contribution in [0.4, 0.5) is 0 Å². The summed E-state index contributed by atoms with van der Waals surface area (Å²) in [6.45, 7) is 9.09. The number of unbranched alkanes of at least 4 members (excludes halogenated alkanes) is 3. The molecule has 0 radical (unpaired) electrons. The molecule has 3 heteroatoms. The molecular formula is C14H32N2S. The van der Waals surface area contributed by atoms with Gasteiger partial charge in [0.05, 0.1) is 5.37 Å². The van der Waals surface area contributed by atoms with Crippen LogP contribution in [0.2, 0.25) is 0 Å². The zero-order chi connectivity index (χ0) is 12.9. The van der Waals surface area contributed by atoms with E-state index >= 15 is 0 Å². The van der Waals surface area contributed by atoms with Crippen LogP contribution in [0.25, 0.3) is 0 Å². The Balaban J connectivity index is 3.58. The second-order valence-electron chi connectivity index (χ2n) is 4.82. The molecule has 0 rings (SSSR count). The van der Waals surface area contributed by atoms with E-state index in [-0.39, 0.29) is 0 Å². The highest BCUT2D eigenvalue weighted by Gasteiger charge is 2.14. The molecule has 0 saturated carbocycles. The fraction of sp³-hybridized carbons (Fsp3) is 1.00. The molecule has 0 aliphatic heterocycles. The van der Waals surface area contributed by atoms with E-state index < -0.39 is 0 Å². The zero-order valence-electron chi connectivity index (χ0n) is 12.2. The van der Waals surface area contributed by atoms with Crippen LogP contribution >= 0.6 is 11.8 Å². The fourth-order valence-electron chi connectivity index (χ4n) is 1.88. The first-order valence-electron chi connectivity index (χ1n) is 7.25. The SMILES string of the molecule is CCCCCCSC(NC)C(C)CNCCC. The molecule has 0 aromatic heterocycles. The molecule has 2 nitrogen and oxygen atoms in total. The molecule has 0 amide bonds. The fourth-order valence-corrected chi connectivity index (χ4v) is 3.10. The lowest BCUT2D eigenvalue weighted by atomic mass is 10.2. The lowest BCUT2D eigenvalue weighted by Crippen LogP contribution is -2.36. The van der Waals surface area contributed by atoms with Gasteiger partial charge in [0.1, 0.15) is 0 Å². The minimum atomic E-state index is 0.598. The van der Waals surface area contributed by atoms with Crippen molar-refractivity contribution in [3.8, 4) is 0 Å². The average molecular weight is 260 g/mol. The van der Waals surface area contributed by atoms with E-state index in [2.05, 4.69) is 50.2 Å². The normalized spacial score (nSPS) is 14.8. The van der Waals surface area contributed by atoms with E-state index in [1.54, 1.807) is 0 Å². The van der Waals surface area contributed by atoms with Crippen LogP contribution in [0.1, 0.15) is 52.9 Å². The van der Waals surface area contributed by atoms with Crippen molar-refractivity contribution in [2.45, 2.75) is 58.2 Å². The highest BCUT2D eigenvalue weighted by Crippen LogP contribution is 2.18. The van der Waals surface area contributed by atoms with Crippen LogP contribution in [0, 0.1) is 5.92 Å². The predicted molar refractivity (Wildman–Crippen MR) is 81.8 cm³/mol. The number of thioether (sulfide) groups is 1. The van der Waals surface area contributed by atoms with Gasteiger partial charge in [-0.3, -0.25) is 0 Å². The van der Waals surface area contributed by atoms with Crippen molar-refractivity contribution in [3.63, 3.8) is 0 Å². The molecule has 0 saturated heterocycles. The summed E-state index contributed by atoms with van der Waals surface area (Å²) in [4.78, 5) is 0. The lowest BCUT2D eigenvalue weighted by Gasteiger charge is -2.23. The van der Waals surface area contributed by atoms with Gasteiger partial charge in [0.2, 0.25) is 0 Å². The quantitative estimate of drug-likeness (QED) is 0.415. The third-order valence-corrected chi connectivity index (χ3v) is 4.57. The van der Waals surface area contributed by atoms with Gasteiger partial charge in [-0.1, -0.05) is 40.0 Å². The van der Waals surface area contributed by atoms with Gasteiger partial charge in [0.15, 0.2) is 0 Å². The average Bonchev–Trinajstić information content (AvgIpc) is 2.34. The molecule has 2 N–H and O–H groups in total. The smallest absolute Gasteiger partial charge is 0.0567 e. The van der Waals surface area contributed by atoms with E-state index in [0.29, 0.717) is 11.3 Å². The first-order valence-corrected chi connectivity index (χ1v) is 8.30. The second-order valence-corrected chi connectivity index (χ2v) is 6.07. The topological polar surface area (TPSA) is 24.1 Å². The molecule has 0 aromatic rings. The summed E-state index contributed by atoms with van der Waals surface area (Å²) in [7, 11) is 2.08. The predicted octanol–water partition coefficient (Wildman–Crippen LogP) is 3.48. The number of hydrogen-bond donors (Lipinski definition) is 2. The van der Waals surface area contributed by atoms with Gasteiger partial charge in [-0.2, -0.15) is 0 Å². The lowest BCUT2D eigenvalue weighted by molar-refractivity contribution is 0.465. The highest BCUT2D eigenvalue weighted by molar-refractivity contribution is 7.99. The maximum atomic E-state index is 3.51. The Morgan fingerprint density at radius 1 is 1.06 bits per heavy atom. The monoisotopic (exact) mass is 260 g/mol. The van der Waals surface area contributed by atoms with Crippen LogP contribution in [0.3, 0.4) is 0 Å². The minimum absolute atomic E-state index is 0.598. The van der Waals surface area contributed by atoms with E-state index in [4.69, 9.17) is 0 Å². The minimum Gasteiger partial charge on any atom is -0.316 e. The molecule has 17 heavy (non-hydrogen) atoms. The molecule has 104 valence electrons. The van der Waals surface area contributed by atoms with Crippen molar-refractivity contribution < 1.29 is 0 Å². The van der Waals surface area contributed by atoms with Gasteiger partial charge in [-0.15, -0.1) is 11.8 Å². The van der Waals surface area contributed by atoms with Gasteiger partial charge in [0.25, 0.3) is 0 Å². The van der Waals surface area contributed by atoms with E-state index in [9.17, 15) is 0 Å². The molecule has 0 aliphatic rings. The first kappa shape index (κ1) is 17.3. The number of nitrogens with one attached hydrogen (secondary N) is 2. The summed E-state index contributed by atoms with van der Waals surface area (Å²) in [6.07, 6.45) is 6.70. The summed E-state index contributed by atoms with van der Waals surface area (Å²) in [6, 6.07) is 0. The van der Waals surface area contributed by atoms with E-state index in [1.165, 1.54) is 37.9 Å². The van der Waals surface area contributed by atoms with E-state index in [1.807, 2.05) is 0 Å². The van der Waals surface area contributed by atoms with Crippen molar-refractivity contribution in [2.24, 2.45) is 5.92 Å². The molecule has 0 aromatic carbocycles. The van der Waals surface area contributed by atoms with Crippen LogP contribution < -0.4 is 10.6 Å². The Morgan fingerprint density at radius 3 is 2.41 bits per heavy atom. The Bertz CT molecular complexity index is 153. The van der Waals surface area contributed by atoms with Crippen LogP contribution in [0.15, 0.2) is 0 Å². The molecule has 2 unspecified atom stereocenters. The maximum Gasteiger partial charge on any atom is 0.0567 e. The van der Waals surface area contributed by atoms with Gasteiger partial charge in [-0.25, -0.2) is 0 Å². The largest absolute Gasteiger partial charge is 0.316 e. The van der Waals surface area contributed by atoms with Gasteiger partial charge < -0.3 is 10.6 Å². The molecule has 2 atom stereocenters. The standard InChI is InChI=1S/C14H32N2S/c1-5-7-8-9-11-17-14(15-4)13(3)12-16-10-6-2/h13-16H,5-12H2,1-4H3. The van der Waals surface area contributed by atoms with Crippen molar-refractivity contribution in [3.05, 3.63) is 0 Å². The molecule has 0 fully saturated rings.